The molecule has 110 valence electrons. The zero-order valence-corrected chi connectivity index (χ0v) is 13.2. The summed E-state index contributed by atoms with van der Waals surface area (Å²) in [6.45, 7) is 12.2. The van der Waals surface area contributed by atoms with Gasteiger partial charge in [-0.3, -0.25) is 0 Å². The van der Waals surface area contributed by atoms with E-state index in [1.54, 1.807) is 6.08 Å². The smallest absolute Gasteiger partial charge is 0.0536 e. The lowest BCUT2D eigenvalue weighted by Crippen LogP contribution is -2.28. The van der Waals surface area contributed by atoms with E-state index in [0.717, 1.165) is 24.2 Å². The quantitative estimate of drug-likeness (QED) is 0.459. The van der Waals surface area contributed by atoms with Gasteiger partial charge in [0.05, 0.1) is 11.4 Å². The zero-order valence-electron chi connectivity index (χ0n) is 13.2. The third kappa shape index (κ3) is 9.03. The fraction of sp³-hybridized carbons (Fsp3) is 0.333. The normalized spacial score (nSPS) is 14.1. The Hall–Kier alpha value is -1.96. The van der Waals surface area contributed by atoms with Gasteiger partial charge in [0.1, 0.15) is 0 Å². The number of nitrogens with one attached hydrogen (secondary N) is 2. The minimum absolute atomic E-state index is 0.938. The topological polar surface area (TPSA) is 24.1 Å². The van der Waals surface area contributed by atoms with Gasteiger partial charge in [-0.1, -0.05) is 50.3 Å². The van der Waals surface area contributed by atoms with Crippen LogP contribution in [0.15, 0.2) is 72.2 Å². The van der Waals surface area contributed by atoms with Gasteiger partial charge in [-0.2, -0.15) is 0 Å². The van der Waals surface area contributed by atoms with Crippen LogP contribution in [0.3, 0.4) is 0 Å². The Labute approximate surface area is 124 Å². The summed E-state index contributed by atoms with van der Waals surface area (Å²) < 4.78 is 0. The number of hydrazine groups is 1. The molecule has 0 unspecified atom stereocenters. The summed E-state index contributed by atoms with van der Waals surface area (Å²) in [5, 5.41) is 0. The summed E-state index contributed by atoms with van der Waals surface area (Å²) in [5.74, 6) is 0. The molecule has 0 fully saturated rings. The van der Waals surface area contributed by atoms with Crippen LogP contribution in [0.1, 0.15) is 40.5 Å². The van der Waals surface area contributed by atoms with Crippen LogP contribution >= 0.6 is 0 Å². The highest BCUT2D eigenvalue weighted by Crippen LogP contribution is 2.01. The van der Waals surface area contributed by atoms with Crippen LogP contribution in [0.25, 0.3) is 0 Å². The first-order valence-corrected chi connectivity index (χ1v) is 7.19. The van der Waals surface area contributed by atoms with Crippen molar-refractivity contribution in [1.29, 1.82) is 0 Å². The van der Waals surface area contributed by atoms with Crippen molar-refractivity contribution >= 4 is 0 Å². The molecule has 0 rings (SSSR count). The van der Waals surface area contributed by atoms with Crippen LogP contribution < -0.4 is 10.9 Å². The molecule has 0 aromatic rings. The summed E-state index contributed by atoms with van der Waals surface area (Å²) >= 11 is 0. The maximum absolute atomic E-state index is 3.81. The number of allylic oxidation sites excluding steroid dienone is 9. The van der Waals surface area contributed by atoms with Crippen LogP contribution in [0, 0.1) is 0 Å². The number of rotatable bonds is 9. The summed E-state index contributed by atoms with van der Waals surface area (Å²) in [6.07, 6.45) is 18.2. The Kier molecular flexibility index (Phi) is 10.9. The van der Waals surface area contributed by atoms with Crippen LogP contribution in [-0.4, -0.2) is 0 Å². The molecule has 0 radical (unpaired) electrons. The van der Waals surface area contributed by atoms with Crippen molar-refractivity contribution in [2.75, 3.05) is 0 Å². The first kappa shape index (κ1) is 18.0. The average molecular weight is 272 g/mol. The highest BCUT2D eigenvalue weighted by molar-refractivity contribution is 5.25. The molecular weight excluding hydrogens is 244 g/mol. The Morgan fingerprint density at radius 3 is 2.30 bits per heavy atom. The molecule has 2 heteroatoms. The molecule has 0 bridgehead atoms. The van der Waals surface area contributed by atoms with Crippen LogP contribution in [0.4, 0.5) is 0 Å². The minimum atomic E-state index is 0.938. The fourth-order valence-corrected chi connectivity index (χ4v) is 1.28. The van der Waals surface area contributed by atoms with Crippen molar-refractivity contribution in [3.63, 3.8) is 0 Å². The number of hydrogen-bond donors (Lipinski definition) is 2. The second-order valence-electron chi connectivity index (χ2n) is 4.40. The van der Waals surface area contributed by atoms with Crippen molar-refractivity contribution in [2.45, 2.75) is 40.5 Å². The van der Waals surface area contributed by atoms with Crippen molar-refractivity contribution in [3.05, 3.63) is 72.2 Å². The summed E-state index contributed by atoms with van der Waals surface area (Å²) in [6, 6.07) is 0. The van der Waals surface area contributed by atoms with Crippen molar-refractivity contribution in [2.24, 2.45) is 0 Å². The maximum atomic E-state index is 3.81. The Morgan fingerprint density at radius 2 is 1.75 bits per heavy atom. The predicted octanol–water partition coefficient (Wildman–Crippen LogP) is 4.93. The molecule has 0 aliphatic carbocycles. The van der Waals surface area contributed by atoms with E-state index in [1.165, 1.54) is 5.57 Å². The molecule has 0 aliphatic rings. The van der Waals surface area contributed by atoms with Crippen LogP contribution in [0.5, 0.6) is 0 Å². The molecule has 0 amide bonds. The lowest BCUT2D eigenvalue weighted by atomic mass is 10.2. The van der Waals surface area contributed by atoms with Crippen LogP contribution in [0.2, 0.25) is 0 Å². The van der Waals surface area contributed by atoms with Gasteiger partial charge in [-0.25, -0.2) is 0 Å². The standard InChI is InChI=1S/C18H28N2/c1-6-10-11-13-18(12-7-2)20-19-17(9-4)15-14-16(5)8-3/h7,9-15,19-20H,4,6,8H2,1-3,5H3/b11-10+,12-7-,16-14+,17-15+,18-13+. The van der Waals surface area contributed by atoms with Gasteiger partial charge in [0.15, 0.2) is 0 Å². The molecular formula is C18H28N2. The van der Waals surface area contributed by atoms with Gasteiger partial charge in [0.2, 0.25) is 0 Å². The van der Waals surface area contributed by atoms with E-state index in [2.05, 4.69) is 50.4 Å². The van der Waals surface area contributed by atoms with E-state index in [4.69, 9.17) is 0 Å². The van der Waals surface area contributed by atoms with E-state index < -0.39 is 0 Å². The van der Waals surface area contributed by atoms with Crippen LogP contribution in [-0.2, 0) is 0 Å². The number of hydrogen-bond acceptors (Lipinski definition) is 2. The summed E-state index contributed by atoms with van der Waals surface area (Å²) in [4.78, 5) is 0. The van der Waals surface area contributed by atoms with Crippen molar-refractivity contribution < 1.29 is 0 Å². The molecule has 0 heterocycles. The zero-order chi connectivity index (χ0) is 15.2. The molecule has 2 N–H and O–H groups in total. The summed E-state index contributed by atoms with van der Waals surface area (Å²) in [7, 11) is 0. The van der Waals surface area contributed by atoms with Gasteiger partial charge < -0.3 is 10.9 Å². The SMILES string of the molecule is C=C/C(=C\C=C(/C)CC)NNC(/C=C\C)=C/C=C/CC. The average Bonchev–Trinajstić information content (AvgIpc) is 2.47. The highest BCUT2D eigenvalue weighted by atomic mass is 15.4. The van der Waals surface area contributed by atoms with E-state index in [9.17, 15) is 0 Å². The Morgan fingerprint density at radius 1 is 1.05 bits per heavy atom. The van der Waals surface area contributed by atoms with E-state index >= 15 is 0 Å². The Balaban J connectivity index is 4.70. The van der Waals surface area contributed by atoms with Gasteiger partial charge in [0, 0.05) is 0 Å². The second kappa shape index (κ2) is 12.1. The van der Waals surface area contributed by atoms with Gasteiger partial charge in [-0.05, 0) is 51.0 Å². The molecule has 0 spiro atoms. The largest absolute Gasteiger partial charge is 0.301 e. The molecule has 0 aliphatic heterocycles. The lowest BCUT2D eigenvalue weighted by molar-refractivity contribution is 0.719. The molecule has 2 nitrogen and oxygen atoms in total. The fourth-order valence-electron chi connectivity index (χ4n) is 1.28. The first-order chi connectivity index (χ1) is 9.67. The van der Waals surface area contributed by atoms with Gasteiger partial charge in [0.25, 0.3) is 0 Å². The van der Waals surface area contributed by atoms with Gasteiger partial charge in [-0.15, -0.1) is 0 Å². The Bertz CT molecular complexity index is 421. The minimum Gasteiger partial charge on any atom is -0.301 e. The molecule has 0 saturated heterocycles. The third-order valence-corrected chi connectivity index (χ3v) is 2.67. The molecule has 0 saturated carbocycles. The first-order valence-electron chi connectivity index (χ1n) is 7.19. The van der Waals surface area contributed by atoms with E-state index in [-0.39, 0.29) is 0 Å². The summed E-state index contributed by atoms with van der Waals surface area (Å²) in [5.41, 5.74) is 9.61. The molecule has 0 aromatic carbocycles. The third-order valence-electron chi connectivity index (χ3n) is 2.67. The predicted molar refractivity (Wildman–Crippen MR) is 90.9 cm³/mol. The van der Waals surface area contributed by atoms with Crippen molar-refractivity contribution in [1.82, 2.24) is 10.9 Å². The molecule has 0 atom stereocenters. The maximum Gasteiger partial charge on any atom is 0.0536 e. The molecule has 0 aromatic heterocycles. The second-order valence-corrected chi connectivity index (χ2v) is 4.40. The highest BCUT2D eigenvalue weighted by Gasteiger charge is 1.91. The lowest BCUT2D eigenvalue weighted by Gasteiger charge is -2.10. The molecule has 20 heavy (non-hydrogen) atoms. The van der Waals surface area contributed by atoms with Gasteiger partial charge >= 0.3 is 0 Å². The monoisotopic (exact) mass is 272 g/mol. The van der Waals surface area contributed by atoms with E-state index in [0.29, 0.717) is 0 Å². The van der Waals surface area contributed by atoms with Crippen molar-refractivity contribution in [3.8, 4) is 0 Å². The van der Waals surface area contributed by atoms with E-state index in [1.807, 2.05) is 37.3 Å².